The molecule has 1 unspecified atom stereocenters. The summed E-state index contributed by atoms with van der Waals surface area (Å²) in [6, 6.07) is 0. The van der Waals surface area contributed by atoms with Gasteiger partial charge in [-0.2, -0.15) is 0 Å². The highest BCUT2D eigenvalue weighted by Gasteiger charge is 2.25. The summed E-state index contributed by atoms with van der Waals surface area (Å²) in [7, 11) is 4.01. The van der Waals surface area contributed by atoms with Crippen LogP contribution in [0.1, 0.15) is 47.5 Å². The van der Waals surface area contributed by atoms with Crippen molar-refractivity contribution in [1.82, 2.24) is 9.80 Å². The molecule has 0 bridgehead atoms. The molecule has 1 heterocycles. The standard InChI is InChI=1S/C19H36N4/c1-8-17(9-2)16(5)14-22(7)19(21-10-3)11-18(20-6)23-12-15(4)13-23/h10-11,15-17H,8-9,12-14H2,1-7H3/b19-11+,20-18?,21-10+. The molecule has 0 aromatic rings. The molecule has 4 heteroatoms. The molecule has 1 saturated heterocycles. The first-order valence-electron chi connectivity index (χ1n) is 9.09. The summed E-state index contributed by atoms with van der Waals surface area (Å²) in [6.45, 7) is 14.4. The summed E-state index contributed by atoms with van der Waals surface area (Å²) in [4.78, 5) is 13.7. The normalized spacial score (nSPS) is 18.7. The summed E-state index contributed by atoms with van der Waals surface area (Å²) >= 11 is 0. The average molecular weight is 321 g/mol. The maximum absolute atomic E-state index is 4.59. The van der Waals surface area contributed by atoms with Crippen LogP contribution in [0.5, 0.6) is 0 Å². The van der Waals surface area contributed by atoms with E-state index in [0.717, 1.165) is 43.1 Å². The minimum absolute atomic E-state index is 0.663. The molecular weight excluding hydrogens is 284 g/mol. The molecule has 1 fully saturated rings. The Morgan fingerprint density at radius 2 is 1.91 bits per heavy atom. The Labute approximate surface area is 143 Å². The Hall–Kier alpha value is -1.32. The molecule has 0 aromatic carbocycles. The van der Waals surface area contributed by atoms with Crippen LogP contribution < -0.4 is 0 Å². The number of hydrogen-bond acceptors (Lipinski definition) is 3. The fourth-order valence-electron chi connectivity index (χ4n) is 3.45. The van der Waals surface area contributed by atoms with Gasteiger partial charge in [0.2, 0.25) is 0 Å². The van der Waals surface area contributed by atoms with Crippen molar-refractivity contribution in [3.8, 4) is 0 Å². The van der Waals surface area contributed by atoms with E-state index in [1.165, 1.54) is 12.8 Å². The number of nitrogens with zero attached hydrogens (tertiary/aromatic N) is 4. The van der Waals surface area contributed by atoms with Crippen molar-refractivity contribution in [1.29, 1.82) is 0 Å². The van der Waals surface area contributed by atoms with Gasteiger partial charge in [-0.1, -0.05) is 40.5 Å². The van der Waals surface area contributed by atoms with Crippen molar-refractivity contribution in [2.45, 2.75) is 47.5 Å². The maximum Gasteiger partial charge on any atom is 0.131 e. The van der Waals surface area contributed by atoms with Gasteiger partial charge >= 0.3 is 0 Å². The molecule has 1 rings (SSSR count). The third kappa shape index (κ3) is 5.67. The van der Waals surface area contributed by atoms with E-state index in [1.807, 2.05) is 20.2 Å². The van der Waals surface area contributed by atoms with E-state index in [1.54, 1.807) is 0 Å². The maximum atomic E-state index is 4.59. The van der Waals surface area contributed by atoms with E-state index >= 15 is 0 Å². The lowest BCUT2D eigenvalue weighted by Gasteiger charge is -2.39. The highest BCUT2D eigenvalue weighted by Crippen LogP contribution is 2.22. The van der Waals surface area contributed by atoms with Crippen molar-refractivity contribution < 1.29 is 0 Å². The molecular formula is C19H36N4. The lowest BCUT2D eigenvalue weighted by atomic mass is 9.89. The molecule has 0 radical (unpaired) electrons. The predicted octanol–water partition coefficient (Wildman–Crippen LogP) is 3.90. The molecule has 1 aliphatic rings. The van der Waals surface area contributed by atoms with Gasteiger partial charge in [0.05, 0.1) is 0 Å². The molecule has 23 heavy (non-hydrogen) atoms. The van der Waals surface area contributed by atoms with Crippen LogP contribution in [0.4, 0.5) is 0 Å². The van der Waals surface area contributed by atoms with E-state index in [-0.39, 0.29) is 0 Å². The molecule has 0 saturated carbocycles. The third-order valence-electron chi connectivity index (χ3n) is 4.94. The summed E-state index contributed by atoms with van der Waals surface area (Å²) in [5, 5.41) is 0. The van der Waals surface area contributed by atoms with Crippen LogP contribution in [-0.4, -0.2) is 55.6 Å². The fourth-order valence-corrected chi connectivity index (χ4v) is 3.45. The van der Waals surface area contributed by atoms with Crippen molar-refractivity contribution in [2.24, 2.45) is 27.7 Å². The molecule has 4 nitrogen and oxygen atoms in total. The Morgan fingerprint density at radius 1 is 1.30 bits per heavy atom. The lowest BCUT2D eigenvalue weighted by Crippen LogP contribution is -2.48. The Bertz CT molecular complexity index is 429. The monoisotopic (exact) mass is 320 g/mol. The Kier molecular flexibility index (Phi) is 8.35. The van der Waals surface area contributed by atoms with Gasteiger partial charge in [-0.15, -0.1) is 0 Å². The minimum atomic E-state index is 0.663. The van der Waals surface area contributed by atoms with Crippen LogP contribution in [0, 0.1) is 17.8 Å². The molecule has 132 valence electrons. The predicted molar refractivity (Wildman–Crippen MR) is 102 cm³/mol. The van der Waals surface area contributed by atoms with Crippen LogP contribution in [0.3, 0.4) is 0 Å². The summed E-state index contributed by atoms with van der Waals surface area (Å²) in [6.07, 6.45) is 6.49. The molecule has 0 amide bonds. The number of likely N-dealkylation sites (tertiary alicyclic amines) is 1. The first kappa shape index (κ1) is 19.7. The topological polar surface area (TPSA) is 31.2 Å². The minimum Gasteiger partial charge on any atom is -0.359 e. The van der Waals surface area contributed by atoms with E-state index in [4.69, 9.17) is 0 Å². The zero-order chi connectivity index (χ0) is 17.4. The number of rotatable bonds is 8. The van der Waals surface area contributed by atoms with Gasteiger partial charge in [-0.05, 0) is 24.7 Å². The zero-order valence-corrected chi connectivity index (χ0v) is 16.2. The summed E-state index contributed by atoms with van der Waals surface area (Å²) in [5.74, 6) is 4.26. The Balaban J connectivity index is 2.81. The van der Waals surface area contributed by atoms with E-state index in [0.29, 0.717) is 5.92 Å². The van der Waals surface area contributed by atoms with Gasteiger partial charge in [-0.25, -0.2) is 4.99 Å². The smallest absolute Gasteiger partial charge is 0.131 e. The van der Waals surface area contributed by atoms with Crippen LogP contribution >= 0.6 is 0 Å². The highest BCUT2D eigenvalue weighted by atomic mass is 15.2. The third-order valence-corrected chi connectivity index (χ3v) is 4.94. The van der Waals surface area contributed by atoms with Crippen LogP contribution in [-0.2, 0) is 0 Å². The average Bonchev–Trinajstić information content (AvgIpc) is 2.49. The van der Waals surface area contributed by atoms with Crippen molar-refractivity contribution in [3.05, 3.63) is 11.9 Å². The number of aliphatic imine (C=N–C) groups is 2. The second kappa shape index (κ2) is 9.74. The quantitative estimate of drug-likeness (QED) is 0.502. The van der Waals surface area contributed by atoms with Crippen molar-refractivity contribution >= 4 is 12.1 Å². The van der Waals surface area contributed by atoms with Gasteiger partial charge in [-0.3, -0.25) is 4.99 Å². The molecule has 0 aromatic heterocycles. The SMILES string of the molecule is C/C=N/C(=C\C(=NC)N1CC(C)C1)N(C)CC(C)C(CC)CC. The molecule has 1 atom stereocenters. The first-order valence-corrected chi connectivity index (χ1v) is 9.09. The lowest BCUT2D eigenvalue weighted by molar-refractivity contribution is 0.206. The zero-order valence-electron chi connectivity index (χ0n) is 16.2. The van der Waals surface area contributed by atoms with Crippen LogP contribution in [0.25, 0.3) is 0 Å². The first-order chi connectivity index (χ1) is 11.0. The van der Waals surface area contributed by atoms with E-state index < -0.39 is 0 Å². The Morgan fingerprint density at radius 3 is 2.35 bits per heavy atom. The van der Waals surface area contributed by atoms with Crippen molar-refractivity contribution in [2.75, 3.05) is 33.7 Å². The molecule has 0 N–H and O–H groups in total. The highest BCUT2D eigenvalue weighted by molar-refractivity contribution is 5.94. The second-order valence-corrected chi connectivity index (χ2v) is 6.92. The van der Waals surface area contributed by atoms with Gasteiger partial charge in [0.25, 0.3) is 0 Å². The largest absolute Gasteiger partial charge is 0.359 e. The summed E-state index contributed by atoms with van der Waals surface area (Å²) < 4.78 is 0. The molecule has 0 aliphatic carbocycles. The van der Waals surface area contributed by atoms with Crippen LogP contribution in [0.15, 0.2) is 21.9 Å². The molecule has 0 spiro atoms. The second-order valence-electron chi connectivity index (χ2n) is 6.92. The number of amidine groups is 1. The number of hydrogen-bond donors (Lipinski definition) is 0. The van der Waals surface area contributed by atoms with Gasteiger partial charge in [0.15, 0.2) is 0 Å². The van der Waals surface area contributed by atoms with Crippen LogP contribution in [0.2, 0.25) is 0 Å². The van der Waals surface area contributed by atoms with Gasteiger partial charge in [0, 0.05) is 46.0 Å². The fraction of sp³-hybridized carbons (Fsp3) is 0.789. The summed E-state index contributed by atoms with van der Waals surface area (Å²) in [5.41, 5.74) is 0. The van der Waals surface area contributed by atoms with E-state index in [2.05, 4.69) is 60.6 Å². The van der Waals surface area contributed by atoms with Crippen molar-refractivity contribution in [3.63, 3.8) is 0 Å². The van der Waals surface area contributed by atoms with Gasteiger partial charge < -0.3 is 9.80 Å². The molecule has 1 aliphatic heterocycles. The van der Waals surface area contributed by atoms with Gasteiger partial charge in [0.1, 0.15) is 11.7 Å². The van der Waals surface area contributed by atoms with E-state index in [9.17, 15) is 0 Å².